The van der Waals surface area contributed by atoms with Gasteiger partial charge in [-0.3, -0.25) is 4.79 Å². The zero-order chi connectivity index (χ0) is 13.9. The van der Waals surface area contributed by atoms with E-state index >= 15 is 0 Å². The van der Waals surface area contributed by atoms with Crippen LogP contribution in [0, 0.1) is 0 Å². The molecule has 3 N–H and O–H groups in total. The van der Waals surface area contributed by atoms with Crippen LogP contribution in [-0.2, 0) is 17.9 Å². The summed E-state index contributed by atoms with van der Waals surface area (Å²) >= 11 is 0. The number of amides is 1. The molecule has 2 heterocycles. The maximum Gasteiger partial charge on any atom is 0.242 e. The second-order valence-corrected chi connectivity index (χ2v) is 4.31. The summed E-state index contributed by atoms with van der Waals surface area (Å²) in [6.45, 7) is 0.716. The van der Waals surface area contributed by atoms with Gasteiger partial charge in [-0.05, 0) is 17.7 Å². The van der Waals surface area contributed by atoms with Crippen LogP contribution in [0.1, 0.15) is 5.56 Å². The standard InChI is InChI=1S/C12H13N5O3/c13-11-5-17(16-15-11)6-12(18)14-4-8-1-2-9-10(3-8)20-7-19-9/h1-3,5H,4,6-7,13H2,(H,14,18). The zero-order valence-corrected chi connectivity index (χ0v) is 10.6. The van der Waals surface area contributed by atoms with Gasteiger partial charge in [-0.2, -0.15) is 0 Å². The van der Waals surface area contributed by atoms with Crippen molar-refractivity contribution in [3.8, 4) is 11.5 Å². The van der Waals surface area contributed by atoms with E-state index in [0.29, 0.717) is 12.3 Å². The third-order valence-electron chi connectivity index (χ3n) is 2.79. The first kappa shape index (κ1) is 12.3. The van der Waals surface area contributed by atoms with Gasteiger partial charge >= 0.3 is 0 Å². The van der Waals surface area contributed by atoms with E-state index in [-0.39, 0.29) is 25.1 Å². The Hall–Kier alpha value is -2.77. The third kappa shape index (κ3) is 2.63. The number of ether oxygens (including phenoxy) is 2. The zero-order valence-electron chi connectivity index (χ0n) is 10.6. The molecule has 0 bridgehead atoms. The molecule has 20 heavy (non-hydrogen) atoms. The fraction of sp³-hybridized carbons (Fsp3) is 0.250. The van der Waals surface area contributed by atoms with Gasteiger partial charge in [0.25, 0.3) is 0 Å². The highest BCUT2D eigenvalue weighted by Gasteiger charge is 2.13. The van der Waals surface area contributed by atoms with Crippen LogP contribution >= 0.6 is 0 Å². The van der Waals surface area contributed by atoms with Gasteiger partial charge in [-0.1, -0.05) is 11.3 Å². The summed E-state index contributed by atoms with van der Waals surface area (Å²) in [6, 6.07) is 5.54. The minimum Gasteiger partial charge on any atom is -0.454 e. The first-order chi connectivity index (χ1) is 9.70. The number of fused-ring (bicyclic) bond motifs is 1. The first-order valence-corrected chi connectivity index (χ1v) is 6.01. The highest BCUT2D eigenvalue weighted by Crippen LogP contribution is 2.32. The van der Waals surface area contributed by atoms with Crippen LogP contribution in [-0.4, -0.2) is 27.7 Å². The van der Waals surface area contributed by atoms with Gasteiger partial charge in [0.05, 0.1) is 6.20 Å². The number of nitrogens with one attached hydrogen (secondary N) is 1. The molecule has 1 aliphatic heterocycles. The lowest BCUT2D eigenvalue weighted by molar-refractivity contribution is -0.122. The van der Waals surface area contributed by atoms with E-state index in [0.717, 1.165) is 11.3 Å². The Balaban J connectivity index is 1.55. The van der Waals surface area contributed by atoms with E-state index in [4.69, 9.17) is 15.2 Å². The van der Waals surface area contributed by atoms with Crippen molar-refractivity contribution in [3.05, 3.63) is 30.0 Å². The van der Waals surface area contributed by atoms with Crippen molar-refractivity contribution < 1.29 is 14.3 Å². The van der Waals surface area contributed by atoms with Gasteiger partial charge in [0.2, 0.25) is 12.7 Å². The van der Waals surface area contributed by atoms with Crippen LogP contribution in [0.3, 0.4) is 0 Å². The molecule has 2 aromatic rings. The Morgan fingerprint density at radius 2 is 2.25 bits per heavy atom. The number of carbonyl (C=O) groups excluding carboxylic acids is 1. The van der Waals surface area contributed by atoms with Crippen LogP contribution in [0.4, 0.5) is 5.82 Å². The molecule has 0 fully saturated rings. The Bertz CT molecular complexity index is 640. The monoisotopic (exact) mass is 275 g/mol. The van der Waals surface area contributed by atoms with Gasteiger partial charge in [-0.25, -0.2) is 4.68 Å². The van der Waals surface area contributed by atoms with Crippen LogP contribution in [0.25, 0.3) is 0 Å². The van der Waals surface area contributed by atoms with Crippen molar-refractivity contribution in [2.24, 2.45) is 0 Å². The van der Waals surface area contributed by atoms with Gasteiger partial charge in [0.1, 0.15) is 6.54 Å². The van der Waals surface area contributed by atoms with Crippen molar-refractivity contribution in [2.45, 2.75) is 13.1 Å². The predicted octanol–water partition coefficient (Wildman–Crippen LogP) is -0.0946. The average Bonchev–Trinajstić information content (AvgIpc) is 3.04. The summed E-state index contributed by atoms with van der Waals surface area (Å²) in [4.78, 5) is 11.7. The van der Waals surface area contributed by atoms with E-state index in [1.807, 2.05) is 18.2 Å². The lowest BCUT2D eigenvalue weighted by Gasteiger charge is -2.06. The van der Waals surface area contributed by atoms with Crippen molar-refractivity contribution in [2.75, 3.05) is 12.5 Å². The Morgan fingerprint density at radius 3 is 3.05 bits per heavy atom. The van der Waals surface area contributed by atoms with Crippen molar-refractivity contribution in [3.63, 3.8) is 0 Å². The van der Waals surface area contributed by atoms with Crippen LogP contribution in [0.15, 0.2) is 24.4 Å². The highest BCUT2D eigenvalue weighted by molar-refractivity contribution is 5.75. The molecule has 8 nitrogen and oxygen atoms in total. The summed E-state index contributed by atoms with van der Waals surface area (Å²) in [5.74, 6) is 1.53. The van der Waals surface area contributed by atoms with E-state index < -0.39 is 0 Å². The topological polar surface area (TPSA) is 104 Å². The Kier molecular flexibility index (Phi) is 3.12. The maximum absolute atomic E-state index is 11.7. The summed E-state index contributed by atoms with van der Waals surface area (Å²) in [5.41, 5.74) is 6.35. The average molecular weight is 275 g/mol. The fourth-order valence-electron chi connectivity index (χ4n) is 1.85. The van der Waals surface area contributed by atoms with E-state index in [9.17, 15) is 4.79 Å². The number of hydrogen-bond donors (Lipinski definition) is 2. The number of hydrogen-bond acceptors (Lipinski definition) is 6. The summed E-state index contributed by atoms with van der Waals surface area (Å²) in [6.07, 6.45) is 1.50. The van der Waals surface area contributed by atoms with Crippen molar-refractivity contribution >= 4 is 11.7 Å². The number of rotatable bonds is 4. The van der Waals surface area contributed by atoms with Crippen LogP contribution in [0.2, 0.25) is 0 Å². The number of nitrogens with two attached hydrogens (primary N) is 1. The van der Waals surface area contributed by atoms with Crippen LogP contribution < -0.4 is 20.5 Å². The van der Waals surface area contributed by atoms with Crippen molar-refractivity contribution in [1.82, 2.24) is 20.3 Å². The smallest absolute Gasteiger partial charge is 0.242 e. The molecule has 3 rings (SSSR count). The van der Waals surface area contributed by atoms with Crippen LogP contribution in [0.5, 0.6) is 11.5 Å². The quantitative estimate of drug-likeness (QED) is 0.807. The highest BCUT2D eigenvalue weighted by atomic mass is 16.7. The van der Waals surface area contributed by atoms with E-state index in [2.05, 4.69) is 15.6 Å². The van der Waals surface area contributed by atoms with E-state index in [1.165, 1.54) is 10.9 Å². The lowest BCUT2D eigenvalue weighted by atomic mass is 10.2. The van der Waals surface area contributed by atoms with Crippen molar-refractivity contribution in [1.29, 1.82) is 0 Å². The second kappa shape index (κ2) is 5.08. The largest absolute Gasteiger partial charge is 0.454 e. The molecular weight excluding hydrogens is 262 g/mol. The fourth-order valence-corrected chi connectivity index (χ4v) is 1.85. The van der Waals surface area contributed by atoms with Gasteiger partial charge in [0.15, 0.2) is 17.3 Å². The first-order valence-electron chi connectivity index (χ1n) is 6.01. The molecule has 0 aliphatic carbocycles. The number of anilines is 1. The molecule has 0 saturated carbocycles. The summed E-state index contributed by atoms with van der Waals surface area (Å²) in [5, 5.41) is 10.1. The molecule has 0 unspecified atom stereocenters. The molecule has 1 aliphatic rings. The van der Waals surface area contributed by atoms with Gasteiger partial charge < -0.3 is 20.5 Å². The molecule has 1 aromatic heterocycles. The molecule has 0 atom stereocenters. The number of benzene rings is 1. The number of carbonyl (C=O) groups is 1. The minimum atomic E-state index is -0.174. The molecule has 0 saturated heterocycles. The molecule has 1 aromatic carbocycles. The lowest BCUT2D eigenvalue weighted by Crippen LogP contribution is -2.27. The Labute approximate surface area is 114 Å². The van der Waals surface area contributed by atoms with E-state index in [1.54, 1.807) is 0 Å². The normalized spacial score (nSPS) is 12.4. The molecule has 8 heteroatoms. The summed E-state index contributed by atoms with van der Waals surface area (Å²) in [7, 11) is 0. The number of nitrogens with zero attached hydrogens (tertiary/aromatic N) is 3. The molecule has 0 radical (unpaired) electrons. The van der Waals surface area contributed by atoms with Gasteiger partial charge in [0, 0.05) is 6.54 Å². The number of nitrogen functional groups attached to an aromatic ring is 1. The predicted molar refractivity (Wildman–Crippen MR) is 68.8 cm³/mol. The minimum absolute atomic E-state index is 0.0781. The maximum atomic E-state index is 11.7. The molecular formula is C12H13N5O3. The SMILES string of the molecule is Nc1cn(CC(=O)NCc2ccc3c(c2)OCO3)nn1. The molecule has 0 spiro atoms. The third-order valence-corrected chi connectivity index (χ3v) is 2.79. The number of aromatic nitrogens is 3. The van der Waals surface area contributed by atoms with Gasteiger partial charge in [-0.15, -0.1) is 5.10 Å². The Morgan fingerprint density at radius 1 is 1.40 bits per heavy atom. The molecule has 104 valence electrons. The summed E-state index contributed by atoms with van der Waals surface area (Å²) < 4.78 is 11.9. The second-order valence-electron chi connectivity index (χ2n) is 4.31. The molecule has 1 amide bonds.